The monoisotopic (exact) mass is 545 g/mol. The zero-order chi connectivity index (χ0) is 22.5. The van der Waals surface area contributed by atoms with Crippen molar-refractivity contribution in [1.82, 2.24) is 5.43 Å². The van der Waals surface area contributed by atoms with Crippen LogP contribution in [0.1, 0.15) is 60.4 Å². The van der Waals surface area contributed by atoms with Crippen molar-refractivity contribution in [3.05, 3.63) is 61.7 Å². The Morgan fingerprint density at radius 2 is 2.00 bits per heavy atom. The number of carbonyl (C=O) groups excluding carboxylic acids is 1. The number of nitrogens with zero attached hydrogens (tertiary/aromatic N) is 2. The number of anilines is 1. The molecule has 0 saturated heterocycles. The number of hydrazone groups is 1. The molecule has 2 heterocycles. The van der Waals surface area contributed by atoms with Gasteiger partial charge in [0.1, 0.15) is 5.58 Å². The second kappa shape index (κ2) is 8.10. The number of halogens is 2. The van der Waals surface area contributed by atoms with Crippen molar-refractivity contribution in [2.75, 3.05) is 11.9 Å². The topological polar surface area (TPSA) is 57.8 Å². The van der Waals surface area contributed by atoms with Crippen molar-refractivity contribution >= 4 is 60.6 Å². The maximum absolute atomic E-state index is 12.5. The molecule has 0 fully saturated rings. The van der Waals surface area contributed by atoms with Crippen molar-refractivity contribution in [3.8, 4) is 0 Å². The molecule has 1 aliphatic heterocycles. The lowest BCUT2D eigenvalue weighted by atomic mass is 9.79. The molecule has 4 rings (SSSR count). The van der Waals surface area contributed by atoms with Gasteiger partial charge in [-0.15, -0.1) is 0 Å². The zero-order valence-electron chi connectivity index (χ0n) is 18.2. The predicted octanol–water partition coefficient (Wildman–Crippen LogP) is 6.75. The van der Waals surface area contributed by atoms with Gasteiger partial charge in [-0.05, 0) is 96.1 Å². The Bertz CT molecular complexity index is 1210. The van der Waals surface area contributed by atoms with Crippen LogP contribution in [-0.4, -0.2) is 24.7 Å². The summed E-state index contributed by atoms with van der Waals surface area (Å²) in [5.74, 6) is 0.281. The highest BCUT2D eigenvalue weighted by molar-refractivity contribution is 9.11. The van der Waals surface area contributed by atoms with Gasteiger partial charge in [0, 0.05) is 28.1 Å². The number of aryl methyl sites for hydroxylation is 1. The molecule has 0 spiro atoms. The first-order valence-corrected chi connectivity index (χ1v) is 11.8. The Labute approximate surface area is 199 Å². The summed E-state index contributed by atoms with van der Waals surface area (Å²) in [6.07, 6.45) is 2.79. The van der Waals surface area contributed by atoms with Gasteiger partial charge < -0.3 is 9.32 Å². The van der Waals surface area contributed by atoms with Crippen LogP contribution >= 0.6 is 31.9 Å². The van der Waals surface area contributed by atoms with E-state index < -0.39 is 0 Å². The smallest absolute Gasteiger partial charge is 0.307 e. The van der Waals surface area contributed by atoms with Crippen LogP contribution in [0.15, 0.2) is 48.8 Å². The standard InChI is InChI=1S/C24H25Br2N3O2/c1-13-6-20-18(14(2)11-24(3,4)29(20)5)8-16(13)12-27-28-23(30)21-9-15-7-17(25)10-19(26)22(15)31-21/h6-10,12,14H,11H2,1-5H3,(H,28,30)/b27-12-. The molecule has 162 valence electrons. The van der Waals surface area contributed by atoms with Crippen molar-refractivity contribution in [2.45, 2.75) is 45.6 Å². The van der Waals surface area contributed by atoms with Crippen molar-refractivity contribution in [3.63, 3.8) is 0 Å². The van der Waals surface area contributed by atoms with Crippen LogP contribution in [0.4, 0.5) is 5.69 Å². The van der Waals surface area contributed by atoms with E-state index in [1.165, 1.54) is 11.3 Å². The average Bonchev–Trinajstić information content (AvgIpc) is 3.11. The number of furan rings is 1. The number of nitrogens with one attached hydrogen (secondary N) is 1. The Morgan fingerprint density at radius 1 is 1.26 bits per heavy atom. The van der Waals surface area contributed by atoms with Gasteiger partial charge in [0.25, 0.3) is 0 Å². The van der Waals surface area contributed by atoms with Gasteiger partial charge in [0.2, 0.25) is 0 Å². The third-order valence-corrected chi connectivity index (χ3v) is 7.20. The predicted molar refractivity (Wildman–Crippen MR) is 133 cm³/mol. The van der Waals surface area contributed by atoms with Gasteiger partial charge >= 0.3 is 5.91 Å². The Kier molecular flexibility index (Phi) is 5.77. The lowest BCUT2D eigenvalue weighted by Crippen LogP contribution is -2.45. The molecule has 1 unspecified atom stereocenters. The van der Waals surface area contributed by atoms with Crippen LogP contribution in [-0.2, 0) is 0 Å². The van der Waals surface area contributed by atoms with E-state index in [2.05, 4.69) is 94.2 Å². The summed E-state index contributed by atoms with van der Waals surface area (Å²) < 4.78 is 7.39. The van der Waals surface area contributed by atoms with E-state index in [-0.39, 0.29) is 17.2 Å². The van der Waals surface area contributed by atoms with Crippen LogP contribution < -0.4 is 10.3 Å². The van der Waals surface area contributed by atoms with Gasteiger partial charge in [-0.1, -0.05) is 22.9 Å². The number of hydrogen-bond acceptors (Lipinski definition) is 4. The lowest BCUT2D eigenvalue weighted by molar-refractivity contribution is 0.0929. The molecule has 0 saturated carbocycles. The fourth-order valence-electron chi connectivity index (χ4n) is 4.28. The summed E-state index contributed by atoms with van der Waals surface area (Å²) in [5, 5.41) is 5.03. The van der Waals surface area contributed by atoms with Crippen LogP contribution in [0.25, 0.3) is 11.0 Å². The molecule has 5 nitrogen and oxygen atoms in total. The zero-order valence-corrected chi connectivity index (χ0v) is 21.4. The van der Waals surface area contributed by atoms with Gasteiger partial charge in [-0.25, -0.2) is 5.43 Å². The maximum Gasteiger partial charge on any atom is 0.307 e. The van der Waals surface area contributed by atoms with Crippen molar-refractivity contribution < 1.29 is 9.21 Å². The van der Waals surface area contributed by atoms with E-state index in [9.17, 15) is 4.79 Å². The summed E-state index contributed by atoms with van der Waals surface area (Å²) in [6, 6.07) is 9.89. The molecule has 1 amide bonds. The second-order valence-corrected chi connectivity index (χ2v) is 10.6. The van der Waals surface area contributed by atoms with Crippen LogP contribution in [0, 0.1) is 6.92 Å². The Morgan fingerprint density at radius 3 is 2.74 bits per heavy atom. The molecule has 1 aromatic heterocycles. The van der Waals surface area contributed by atoms with Crippen molar-refractivity contribution in [1.29, 1.82) is 0 Å². The molecule has 7 heteroatoms. The Hall–Kier alpha value is -2.12. The first-order valence-electron chi connectivity index (χ1n) is 10.2. The van der Waals surface area contributed by atoms with E-state index in [0.717, 1.165) is 31.9 Å². The number of carbonyl (C=O) groups is 1. The number of rotatable bonds is 3. The second-order valence-electron chi connectivity index (χ2n) is 8.86. The highest BCUT2D eigenvalue weighted by Crippen LogP contribution is 2.43. The van der Waals surface area contributed by atoms with Crippen molar-refractivity contribution in [2.24, 2.45) is 5.10 Å². The summed E-state index contributed by atoms with van der Waals surface area (Å²) in [4.78, 5) is 14.9. The number of hydrogen-bond donors (Lipinski definition) is 1. The quantitative estimate of drug-likeness (QED) is 0.292. The molecular weight excluding hydrogens is 522 g/mol. The summed E-state index contributed by atoms with van der Waals surface area (Å²) in [6.45, 7) is 8.89. The minimum Gasteiger partial charge on any atom is -0.450 e. The summed E-state index contributed by atoms with van der Waals surface area (Å²) >= 11 is 6.90. The third-order valence-electron chi connectivity index (χ3n) is 6.15. The van der Waals surface area contributed by atoms with Gasteiger partial charge in [0.05, 0.1) is 10.7 Å². The SMILES string of the molecule is Cc1cc2c(cc1/C=N\NC(=O)c1cc3cc(Br)cc(Br)c3o1)C(C)CC(C)(C)N2C. The fraction of sp³-hybridized carbons (Fsp3) is 0.333. The molecule has 1 aliphatic rings. The molecule has 31 heavy (non-hydrogen) atoms. The molecule has 3 aromatic rings. The van der Waals surface area contributed by atoms with Gasteiger partial charge in [-0.2, -0.15) is 5.10 Å². The number of benzene rings is 2. The third kappa shape index (κ3) is 4.17. The minimum atomic E-state index is -0.388. The first-order chi connectivity index (χ1) is 14.6. The maximum atomic E-state index is 12.5. The molecular formula is C24H25Br2N3O2. The highest BCUT2D eigenvalue weighted by Gasteiger charge is 2.34. The van der Waals surface area contributed by atoms with E-state index in [4.69, 9.17) is 4.42 Å². The van der Waals surface area contributed by atoms with Gasteiger partial charge in [0.15, 0.2) is 5.76 Å². The van der Waals surface area contributed by atoms with Crippen LogP contribution in [0.3, 0.4) is 0 Å². The molecule has 0 bridgehead atoms. The molecule has 1 N–H and O–H groups in total. The normalized spacial score (nSPS) is 17.9. The van der Waals surface area contributed by atoms with Gasteiger partial charge in [-0.3, -0.25) is 4.79 Å². The molecule has 0 radical (unpaired) electrons. The largest absolute Gasteiger partial charge is 0.450 e. The average molecular weight is 547 g/mol. The Balaban J connectivity index is 1.55. The van der Waals surface area contributed by atoms with E-state index in [1.807, 2.05) is 12.1 Å². The highest BCUT2D eigenvalue weighted by atomic mass is 79.9. The summed E-state index contributed by atoms with van der Waals surface area (Å²) in [5.41, 5.74) is 8.03. The van der Waals surface area contributed by atoms with E-state index >= 15 is 0 Å². The van der Waals surface area contributed by atoms with Crippen LogP contribution in [0.2, 0.25) is 0 Å². The minimum absolute atomic E-state index is 0.125. The molecule has 0 aliphatic carbocycles. The van der Waals surface area contributed by atoms with Crippen LogP contribution in [0.5, 0.6) is 0 Å². The first kappa shape index (κ1) is 22.1. The van der Waals surface area contributed by atoms with E-state index in [1.54, 1.807) is 12.3 Å². The lowest BCUT2D eigenvalue weighted by Gasteiger charge is -2.45. The number of fused-ring (bicyclic) bond motifs is 2. The molecule has 2 aromatic carbocycles. The fourth-order valence-corrected chi connectivity index (χ4v) is 5.62. The number of amides is 1. The summed E-state index contributed by atoms with van der Waals surface area (Å²) in [7, 11) is 2.16. The van der Waals surface area contributed by atoms with E-state index in [0.29, 0.717) is 11.5 Å². The molecule has 1 atom stereocenters.